The Labute approximate surface area is 128 Å². The highest BCUT2D eigenvalue weighted by Gasteiger charge is 2.12. The van der Waals surface area contributed by atoms with E-state index >= 15 is 0 Å². The molecule has 0 aliphatic heterocycles. The Morgan fingerprint density at radius 2 is 2.14 bits per heavy atom. The minimum Gasteiger partial charge on any atom is -0.381 e. The Morgan fingerprint density at radius 3 is 2.95 bits per heavy atom. The molecule has 1 aromatic heterocycles. The number of benzene rings is 2. The van der Waals surface area contributed by atoms with Crippen molar-refractivity contribution in [3.8, 4) is 0 Å². The number of aromatic nitrogens is 2. The van der Waals surface area contributed by atoms with E-state index in [9.17, 15) is 10.1 Å². The highest BCUT2D eigenvalue weighted by atomic mass is 79.9. The van der Waals surface area contributed by atoms with Crippen LogP contribution in [0.2, 0.25) is 0 Å². The Hall–Kier alpha value is -2.41. The number of fused-ring (bicyclic) bond motifs is 1. The molecular weight excluding hydrogens is 336 g/mol. The summed E-state index contributed by atoms with van der Waals surface area (Å²) in [7, 11) is 0. The molecule has 21 heavy (non-hydrogen) atoms. The van der Waals surface area contributed by atoms with Crippen molar-refractivity contribution in [2.45, 2.75) is 6.54 Å². The minimum absolute atomic E-state index is 0.0691. The van der Waals surface area contributed by atoms with Crippen molar-refractivity contribution < 1.29 is 4.92 Å². The highest BCUT2D eigenvalue weighted by molar-refractivity contribution is 9.10. The summed E-state index contributed by atoms with van der Waals surface area (Å²) < 4.78 is 0.482. The number of hydrogen-bond acceptors (Lipinski definition) is 4. The third kappa shape index (κ3) is 2.87. The number of hydrogen-bond donors (Lipinski definition) is 2. The maximum atomic E-state index is 10.9. The number of rotatable bonds is 4. The summed E-state index contributed by atoms with van der Waals surface area (Å²) in [4.78, 5) is 10.5. The molecule has 2 N–H and O–H groups in total. The fourth-order valence-corrected chi connectivity index (χ4v) is 2.46. The molecule has 0 radical (unpaired) electrons. The summed E-state index contributed by atoms with van der Waals surface area (Å²) in [6, 6.07) is 11.0. The zero-order valence-corrected chi connectivity index (χ0v) is 12.4. The molecule has 0 aliphatic rings. The summed E-state index contributed by atoms with van der Waals surface area (Å²) in [6.07, 6.45) is 1.75. The first kappa shape index (κ1) is 13.6. The van der Waals surface area contributed by atoms with Crippen LogP contribution in [0.15, 0.2) is 47.1 Å². The van der Waals surface area contributed by atoms with Crippen LogP contribution in [0.5, 0.6) is 0 Å². The number of nitro benzene ring substituents is 1. The molecular formula is C14H11BrN4O2. The van der Waals surface area contributed by atoms with Gasteiger partial charge in [0.05, 0.1) is 21.1 Å². The second-order valence-electron chi connectivity index (χ2n) is 4.57. The molecule has 3 rings (SSSR count). The van der Waals surface area contributed by atoms with Gasteiger partial charge in [0, 0.05) is 23.7 Å². The summed E-state index contributed by atoms with van der Waals surface area (Å²) in [6.45, 7) is 0.511. The normalized spacial score (nSPS) is 10.7. The van der Waals surface area contributed by atoms with E-state index in [-0.39, 0.29) is 5.69 Å². The van der Waals surface area contributed by atoms with Crippen LogP contribution in [0.4, 0.5) is 11.4 Å². The Morgan fingerprint density at radius 1 is 1.29 bits per heavy atom. The Balaban J connectivity index is 1.77. The fourth-order valence-electron chi connectivity index (χ4n) is 2.06. The number of halogens is 1. The van der Waals surface area contributed by atoms with Crippen molar-refractivity contribution in [1.29, 1.82) is 0 Å². The average Bonchev–Trinajstić information content (AvgIpc) is 2.93. The van der Waals surface area contributed by atoms with Gasteiger partial charge < -0.3 is 5.32 Å². The molecule has 6 nitrogen and oxygen atoms in total. The van der Waals surface area contributed by atoms with Gasteiger partial charge >= 0.3 is 0 Å². The molecule has 0 fully saturated rings. The molecule has 0 atom stereocenters. The molecule has 3 aromatic rings. The second kappa shape index (κ2) is 5.53. The molecule has 106 valence electrons. The first-order valence-electron chi connectivity index (χ1n) is 6.23. The van der Waals surface area contributed by atoms with Crippen LogP contribution in [-0.4, -0.2) is 15.1 Å². The van der Waals surface area contributed by atoms with Gasteiger partial charge in [0.2, 0.25) is 0 Å². The van der Waals surface area contributed by atoms with E-state index in [0.29, 0.717) is 11.0 Å². The van der Waals surface area contributed by atoms with Crippen molar-refractivity contribution in [2.24, 2.45) is 0 Å². The van der Waals surface area contributed by atoms with Crippen molar-refractivity contribution in [1.82, 2.24) is 10.2 Å². The lowest BCUT2D eigenvalue weighted by Gasteiger charge is -2.07. The van der Waals surface area contributed by atoms with Crippen LogP contribution in [0.25, 0.3) is 10.9 Å². The molecule has 0 spiro atoms. The largest absolute Gasteiger partial charge is 0.381 e. The number of H-pyrrole nitrogens is 1. The van der Waals surface area contributed by atoms with Gasteiger partial charge in [-0.15, -0.1) is 0 Å². The highest BCUT2D eigenvalue weighted by Crippen LogP contribution is 2.26. The first-order valence-corrected chi connectivity index (χ1v) is 7.02. The third-order valence-corrected chi connectivity index (χ3v) is 3.81. The molecule has 0 aliphatic carbocycles. The van der Waals surface area contributed by atoms with Gasteiger partial charge in [0.25, 0.3) is 5.69 Å². The summed E-state index contributed by atoms with van der Waals surface area (Å²) in [5.74, 6) is 0. The maximum absolute atomic E-state index is 10.9. The molecule has 0 saturated heterocycles. The Kier molecular flexibility index (Phi) is 3.57. The molecule has 0 unspecified atom stereocenters. The maximum Gasteiger partial charge on any atom is 0.283 e. The van der Waals surface area contributed by atoms with Crippen LogP contribution in [-0.2, 0) is 6.54 Å². The summed E-state index contributed by atoms with van der Waals surface area (Å²) >= 11 is 3.18. The number of aromatic amines is 1. The SMILES string of the molecule is O=[N+]([O-])c1cc(CNc2ccc3[nH]ncc3c2)ccc1Br. The van der Waals surface area contributed by atoms with E-state index in [1.165, 1.54) is 0 Å². The Bertz CT molecular complexity index is 816. The molecule has 0 saturated carbocycles. The zero-order chi connectivity index (χ0) is 14.8. The molecule has 2 aromatic carbocycles. The van der Waals surface area contributed by atoms with Gasteiger partial charge in [0.1, 0.15) is 0 Å². The van der Waals surface area contributed by atoms with Crippen molar-refractivity contribution >= 4 is 38.2 Å². The van der Waals surface area contributed by atoms with Crippen molar-refractivity contribution in [3.05, 3.63) is 62.7 Å². The van der Waals surface area contributed by atoms with E-state index in [2.05, 4.69) is 31.4 Å². The average molecular weight is 347 g/mol. The van der Waals surface area contributed by atoms with Crippen LogP contribution in [0.3, 0.4) is 0 Å². The molecule has 7 heteroatoms. The van der Waals surface area contributed by atoms with Gasteiger partial charge in [-0.25, -0.2) is 0 Å². The lowest BCUT2D eigenvalue weighted by molar-refractivity contribution is -0.385. The predicted molar refractivity (Wildman–Crippen MR) is 84.2 cm³/mol. The van der Waals surface area contributed by atoms with Crippen LogP contribution in [0, 0.1) is 10.1 Å². The number of nitrogens with one attached hydrogen (secondary N) is 2. The van der Waals surface area contributed by atoms with E-state index < -0.39 is 4.92 Å². The van der Waals surface area contributed by atoms with Crippen molar-refractivity contribution in [3.63, 3.8) is 0 Å². The van der Waals surface area contributed by atoms with Gasteiger partial charge in [0.15, 0.2) is 0 Å². The van der Waals surface area contributed by atoms with E-state index in [1.54, 1.807) is 18.3 Å². The summed E-state index contributed by atoms with van der Waals surface area (Å²) in [5.41, 5.74) is 2.83. The second-order valence-corrected chi connectivity index (χ2v) is 5.42. The van der Waals surface area contributed by atoms with Crippen molar-refractivity contribution in [2.75, 3.05) is 5.32 Å². The predicted octanol–water partition coefficient (Wildman–Crippen LogP) is 3.85. The van der Waals surface area contributed by atoms with E-state index in [0.717, 1.165) is 22.2 Å². The lowest BCUT2D eigenvalue weighted by atomic mass is 10.2. The first-order chi connectivity index (χ1) is 10.1. The number of anilines is 1. The van der Waals surface area contributed by atoms with Crippen LogP contribution in [0.1, 0.15) is 5.56 Å². The topological polar surface area (TPSA) is 83.9 Å². The quantitative estimate of drug-likeness (QED) is 0.555. The molecule has 1 heterocycles. The lowest BCUT2D eigenvalue weighted by Crippen LogP contribution is -2.00. The monoisotopic (exact) mass is 346 g/mol. The number of nitrogens with zero attached hydrogens (tertiary/aromatic N) is 2. The van der Waals surface area contributed by atoms with Gasteiger partial charge in [-0.3, -0.25) is 15.2 Å². The minimum atomic E-state index is -0.398. The van der Waals surface area contributed by atoms with E-state index in [4.69, 9.17) is 0 Å². The number of nitro groups is 1. The third-order valence-electron chi connectivity index (χ3n) is 3.14. The smallest absolute Gasteiger partial charge is 0.283 e. The fraction of sp³-hybridized carbons (Fsp3) is 0.0714. The molecule has 0 amide bonds. The van der Waals surface area contributed by atoms with Crippen LogP contribution >= 0.6 is 15.9 Å². The van der Waals surface area contributed by atoms with Gasteiger partial charge in [-0.2, -0.15) is 5.10 Å². The zero-order valence-electron chi connectivity index (χ0n) is 10.8. The standard InChI is InChI=1S/C14H11BrN4O2/c15-12-3-1-9(5-14(12)19(20)21)7-16-11-2-4-13-10(6-11)8-17-18-13/h1-6,8,16H,7H2,(H,17,18). The summed E-state index contributed by atoms with van der Waals surface area (Å²) in [5, 5.41) is 22.0. The molecule has 0 bridgehead atoms. The van der Waals surface area contributed by atoms with Gasteiger partial charge in [-0.1, -0.05) is 6.07 Å². The van der Waals surface area contributed by atoms with Crippen LogP contribution < -0.4 is 5.32 Å². The van der Waals surface area contributed by atoms with Gasteiger partial charge in [-0.05, 0) is 45.8 Å². The van der Waals surface area contributed by atoms with E-state index in [1.807, 2.05) is 24.3 Å².